The summed E-state index contributed by atoms with van der Waals surface area (Å²) in [5.74, 6) is 1.17. The van der Waals surface area contributed by atoms with Crippen molar-refractivity contribution < 1.29 is 23.8 Å². The Bertz CT molecular complexity index is 1660. The van der Waals surface area contributed by atoms with Gasteiger partial charge in [-0.3, -0.25) is 14.5 Å². The number of amides is 1. The molecule has 45 heavy (non-hydrogen) atoms. The van der Waals surface area contributed by atoms with Crippen molar-refractivity contribution >= 4 is 11.7 Å². The molecule has 0 spiro atoms. The molecule has 5 aromatic rings. The summed E-state index contributed by atoms with van der Waals surface area (Å²) in [4.78, 5) is 27.1. The highest BCUT2D eigenvalue weighted by atomic mass is 16.5. The first-order valence-electron chi connectivity index (χ1n) is 14.8. The molecule has 0 heterocycles. The van der Waals surface area contributed by atoms with Gasteiger partial charge in [0.1, 0.15) is 25.6 Å². The molecule has 0 saturated heterocycles. The molecular formula is C38H36N2O5. The molecule has 7 nitrogen and oxygen atoms in total. The second kappa shape index (κ2) is 15.9. The zero-order valence-corrected chi connectivity index (χ0v) is 25.0. The maximum absolute atomic E-state index is 13.7. The fourth-order valence-electron chi connectivity index (χ4n) is 4.74. The van der Waals surface area contributed by atoms with Crippen LogP contribution in [-0.2, 0) is 19.8 Å². The number of nitrogens with zero attached hydrogens (tertiary/aromatic N) is 1. The van der Waals surface area contributed by atoms with Gasteiger partial charge in [0.25, 0.3) is 0 Å². The lowest BCUT2D eigenvalue weighted by molar-refractivity contribution is 0.0911. The predicted octanol–water partition coefficient (Wildman–Crippen LogP) is 6.71. The first kappa shape index (κ1) is 31.0. The lowest BCUT2D eigenvalue weighted by Gasteiger charge is -2.22. The summed E-state index contributed by atoms with van der Waals surface area (Å²) in [5, 5.41) is 0. The van der Waals surface area contributed by atoms with Crippen LogP contribution in [0.15, 0.2) is 133 Å². The number of carbonyl (C=O) groups excluding carboxylic acids is 2. The molecule has 5 rings (SSSR count). The van der Waals surface area contributed by atoms with Gasteiger partial charge in [-0.05, 0) is 59.2 Å². The van der Waals surface area contributed by atoms with Crippen molar-refractivity contribution in [2.45, 2.75) is 19.8 Å². The Hall–Kier alpha value is -5.40. The van der Waals surface area contributed by atoms with Crippen molar-refractivity contribution in [1.29, 1.82) is 0 Å². The summed E-state index contributed by atoms with van der Waals surface area (Å²) in [6, 6.07) is 41.9. The molecule has 0 aliphatic rings. The molecule has 5 aromatic carbocycles. The molecule has 228 valence electrons. The van der Waals surface area contributed by atoms with Crippen LogP contribution in [0.1, 0.15) is 37.4 Å². The first-order valence-corrected chi connectivity index (χ1v) is 14.8. The topological polar surface area (TPSA) is 91.1 Å². The van der Waals surface area contributed by atoms with E-state index in [2.05, 4.69) is 4.90 Å². The molecule has 7 heteroatoms. The number of rotatable bonds is 16. The third-order valence-corrected chi connectivity index (χ3v) is 7.17. The van der Waals surface area contributed by atoms with Gasteiger partial charge in [0.15, 0.2) is 17.3 Å². The van der Waals surface area contributed by atoms with E-state index in [9.17, 15) is 9.59 Å². The Morgan fingerprint density at radius 2 is 1.11 bits per heavy atom. The van der Waals surface area contributed by atoms with Gasteiger partial charge in [0, 0.05) is 24.2 Å². The molecule has 2 N–H and O–H groups in total. The number of ether oxygens (including phenoxy) is 3. The Kier molecular flexibility index (Phi) is 11.0. The van der Waals surface area contributed by atoms with Gasteiger partial charge < -0.3 is 19.9 Å². The SMILES string of the molecule is NC(=O)c1ccc(OCCN(CC(=O)c2ccc(OCc3ccccc3)c(OCc3ccccc3)c2)Cc2ccccc2)cc1. The minimum Gasteiger partial charge on any atom is -0.492 e. The van der Waals surface area contributed by atoms with Crippen LogP contribution in [0.4, 0.5) is 0 Å². The van der Waals surface area contributed by atoms with Gasteiger partial charge in [-0.1, -0.05) is 91.0 Å². The largest absolute Gasteiger partial charge is 0.492 e. The zero-order valence-electron chi connectivity index (χ0n) is 25.0. The van der Waals surface area contributed by atoms with Crippen molar-refractivity contribution in [2.75, 3.05) is 19.7 Å². The highest BCUT2D eigenvalue weighted by Gasteiger charge is 2.17. The van der Waals surface area contributed by atoms with Crippen molar-refractivity contribution in [3.05, 3.63) is 161 Å². The fourth-order valence-corrected chi connectivity index (χ4v) is 4.74. The number of carbonyl (C=O) groups is 2. The average molecular weight is 601 g/mol. The summed E-state index contributed by atoms with van der Waals surface area (Å²) in [7, 11) is 0. The van der Waals surface area contributed by atoms with Crippen LogP contribution in [0.25, 0.3) is 0 Å². The van der Waals surface area contributed by atoms with Crippen molar-refractivity contribution in [3.8, 4) is 17.2 Å². The molecule has 0 fully saturated rings. The van der Waals surface area contributed by atoms with E-state index in [0.29, 0.717) is 61.3 Å². The zero-order chi connectivity index (χ0) is 31.3. The summed E-state index contributed by atoms with van der Waals surface area (Å²) in [5.41, 5.74) is 9.43. The summed E-state index contributed by atoms with van der Waals surface area (Å²) < 4.78 is 18.3. The van der Waals surface area contributed by atoms with Crippen LogP contribution in [0.3, 0.4) is 0 Å². The van der Waals surface area contributed by atoms with E-state index in [0.717, 1.165) is 16.7 Å². The highest BCUT2D eigenvalue weighted by Crippen LogP contribution is 2.30. The second-order valence-electron chi connectivity index (χ2n) is 10.6. The van der Waals surface area contributed by atoms with E-state index in [1.807, 2.05) is 91.0 Å². The molecular weight excluding hydrogens is 564 g/mol. The Morgan fingerprint density at radius 1 is 0.578 bits per heavy atom. The van der Waals surface area contributed by atoms with Crippen molar-refractivity contribution in [3.63, 3.8) is 0 Å². The second-order valence-corrected chi connectivity index (χ2v) is 10.6. The van der Waals surface area contributed by atoms with Gasteiger partial charge in [-0.2, -0.15) is 0 Å². The lowest BCUT2D eigenvalue weighted by atomic mass is 10.1. The van der Waals surface area contributed by atoms with E-state index in [-0.39, 0.29) is 12.3 Å². The minimum absolute atomic E-state index is 0.0455. The van der Waals surface area contributed by atoms with E-state index < -0.39 is 5.91 Å². The Morgan fingerprint density at radius 3 is 1.69 bits per heavy atom. The molecule has 0 aliphatic heterocycles. The standard InChI is InChI=1S/C38H36N2O5/c39-38(42)32-16-19-34(20-17-32)43-23-22-40(25-29-10-4-1-5-11-29)26-35(41)33-18-21-36(44-27-30-12-6-2-7-13-30)37(24-33)45-28-31-14-8-3-9-15-31/h1-21,24H,22-23,25-28H2,(H2,39,42). The number of hydrogen-bond acceptors (Lipinski definition) is 6. The van der Waals surface area contributed by atoms with Gasteiger partial charge in [-0.15, -0.1) is 0 Å². The molecule has 0 aromatic heterocycles. The molecule has 0 bridgehead atoms. The quantitative estimate of drug-likeness (QED) is 0.127. The number of Topliss-reactive ketones (excluding diaryl/α,β-unsaturated/α-hetero) is 1. The third kappa shape index (κ3) is 9.55. The maximum atomic E-state index is 13.7. The highest BCUT2D eigenvalue weighted by molar-refractivity contribution is 5.98. The lowest BCUT2D eigenvalue weighted by Crippen LogP contribution is -2.33. The van der Waals surface area contributed by atoms with Crippen molar-refractivity contribution in [1.82, 2.24) is 4.90 Å². The fraction of sp³-hybridized carbons (Fsp3) is 0.158. The average Bonchev–Trinajstić information content (AvgIpc) is 3.08. The normalized spacial score (nSPS) is 10.8. The summed E-state index contributed by atoms with van der Waals surface area (Å²) >= 11 is 0. The number of ketones is 1. The van der Waals surface area contributed by atoms with Gasteiger partial charge in [0.2, 0.25) is 5.91 Å². The molecule has 0 atom stereocenters. The van der Waals surface area contributed by atoms with Crippen LogP contribution in [-0.4, -0.2) is 36.3 Å². The maximum Gasteiger partial charge on any atom is 0.248 e. The molecule has 0 aliphatic carbocycles. The van der Waals surface area contributed by atoms with E-state index in [1.165, 1.54) is 0 Å². The summed E-state index contributed by atoms with van der Waals surface area (Å²) in [6.07, 6.45) is 0. The van der Waals surface area contributed by atoms with E-state index in [1.54, 1.807) is 42.5 Å². The van der Waals surface area contributed by atoms with E-state index >= 15 is 0 Å². The first-order chi connectivity index (χ1) is 22.0. The number of nitrogens with two attached hydrogens (primary N) is 1. The van der Waals surface area contributed by atoms with Gasteiger partial charge >= 0.3 is 0 Å². The van der Waals surface area contributed by atoms with Crippen LogP contribution in [0.5, 0.6) is 17.2 Å². The monoisotopic (exact) mass is 600 g/mol. The molecule has 0 unspecified atom stereocenters. The van der Waals surface area contributed by atoms with Gasteiger partial charge in [0.05, 0.1) is 6.54 Å². The van der Waals surface area contributed by atoms with E-state index in [4.69, 9.17) is 19.9 Å². The minimum atomic E-state index is -0.487. The molecule has 0 saturated carbocycles. The predicted molar refractivity (Wildman–Crippen MR) is 174 cm³/mol. The molecule has 0 radical (unpaired) electrons. The van der Waals surface area contributed by atoms with Crippen molar-refractivity contribution in [2.24, 2.45) is 5.73 Å². The van der Waals surface area contributed by atoms with Gasteiger partial charge in [-0.25, -0.2) is 0 Å². The molecule has 1 amide bonds. The van der Waals surface area contributed by atoms with Crippen LogP contribution < -0.4 is 19.9 Å². The smallest absolute Gasteiger partial charge is 0.248 e. The third-order valence-electron chi connectivity index (χ3n) is 7.17. The number of primary amides is 1. The van der Waals surface area contributed by atoms with Crippen LogP contribution >= 0.6 is 0 Å². The Balaban J connectivity index is 1.29. The van der Waals surface area contributed by atoms with Crippen LogP contribution in [0, 0.1) is 0 Å². The van der Waals surface area contributed by atoms with Crippen LogP contribution in [0.2, 0.25) is 0 Å². The Labute approximate surface area is 263 Å². The number of hydrogen-bond donors (Lipinski definition) is 1. The summed E-state index contributed by atoms with van der Waals surface area (Å²) in [6.45, 7) is 2.35. The number of benzene rings is 5.